The molecule has 1 amide bonds. The lowest BCUT2D eigenvalue weighted by atomic mass is 9.89. The Bertz CT molecular complexity index is 687. The fourth-order valence-corrected chi connectivity index (χ4v) is 4.03. The number of hydrogen-bond donors (Lipinski definition) is 2. The Morgan fingerprint density at radius 2 is 2.12 bits per heavy atom. The summed E-state index contributed by atoms with van der Waals surface area (Å²) in [7, 11) is 0. The molecule has 3 heterocycles. The van der Waals surface area contributed by atoms with Crippen LogP contribution >= 0.6 is 0 Å². The number of fused-ring (bicyclic) bond motifs is 2. The first-order valence-electron chi connectivity index (χ1n) is 8.73. The van der Waals surface area contributed by atoms with E-state index in [1.807, 2.05) is 24.3 Å². The number of benzene rings is 1. The second-order valence-corrected chi connectivity index (χ2v) is 6.97. The molecule has 2 aliphatic heterocycles. The van der Waals surface area contributed by atoms with E-state index in [2.05, 4.69) is 20.7 Å². The molecule has 2 aliphatic rings. The van der Waals surface area contributed by atoms with Crippen molar-refractivity contribution in [1.29, 1.82) is 0 Å². The van der Waals surface area contributed by atoms with Crippen molar-refractivity contribution in [3.8, 4) is 5.69 Å². The summed E-state index contributed by atoms with van der Waals surface area (Å²) in [5.74, 6) is 0.692. The number of piperidine rings is 1. The third kappa shape index (κ3) is 3.48. The van der Waals surface area contributed by atoms with E-state index in [1.165, 1.54) is 19.2 Å². The van der Waals surface area contributed by atoms with Gasteiger partial charge in [-0.05, 0) is 49.3 Å². The van der Waals surface area contributed by atoms with Gasteiger partial charge in [0.1, 0.15) is 12.7 Å². The van der Waals surface area contributed by atoms with Crippen LogP contribution in [0.1, 0.15) is 37.7 Å². The zero-order valence-corrected chi connectivity index (χ0v) is 13.7. The molecule has 126 valence electrons. The minimum atomic E-state index is 0.160. The molecule has 2 bridgehead atoms. The number of nitrogens with one attached hydrogen (secondary N) is 2. The smallest absolute Gasteiger partial charge is 0.220 e. The molecule has 1 aromatic heterocycles. The Morgan fingerprint density at radius 1 is 1.29 bits per heavy atom. The summed E-state index contributed by atoms with van der Waals surface area (Å²) in [6.45, 7) is 0.555. The maximum atomic E-state index is 12.3. The summed E-state index contributed by atoms with van der Waals surface area (Å²) >= 11 is 0. The van der Waals surface area contributed by atoms with Crippen molar-refractivity contribution in [3.05, 3.63) is 42.5 Å². The van der Waals surface area contributed by atoms with Gasteiger partial charge in [0.2, 0.25) is 5.91 Å². The number of nitrogens with zero attached hydrogens (tertiary/aromatic N) is 3. The fourth-order valence-electron chi connectivity index (χ4n) is 4.03. The van der Waals surface area contributed by atoms with Gasteiger partial charge in [-0.2, -0.15) is 5.10 Å². The van der Waals surface area contributed by atoms with Crippen LogP contribution in [-0.2, 0) is 11.3 Å². The van der Waals surface area contributed by atoms with Crippen molar-refractivity contribution in [3.63, 3.8) is 0 Å². The standard InChI is InChI=1S/C18H23N5O/c24-18(9-14-6-15-4-5-16(7-14)22-15)20-10-13-2-1-3-17(8-13)23-12-19-11-21-23/h1-3,8,11-12,14-16,22H,4-7,9-10H2,(H,20,24). The third-order valence-corrected chi connectivity index (χ3v) is 5.13. The summed E-state index contributed by atoms with van der Waals surface area (Å²) in [4.78, 5) is 16.2. The molecule has 2 N–H and O–H groups in total. The number of carbonyl (C=O) groups excluding carboxylic acids is 1. The quantitative estimate of drug-likeness (QED) is 0.879. The lowest BCUT2D eigenvalue weighted by molar-refractivity contribution is -0.122. The van der Waals surface area contributed by atoms with Crippen LogP contribution in [0.5, 0.6) is 0 Å². The van der Waals surface area contributed by atoms with Gasteiger partial charge in [-0.15, -0.1) is 0 Å². The van der Waals surface area contributed by atoms with Crippen LogP contribution < -0.4 is 10.6 Å². The zero-order valence-electron chi connectivity index (χ0n) is 13.7. The lowest BCUT2D eigenvalue weighted by Gasteiger charge is -2.28. The highest BCUT2D eigenvalue weighted by molar-refractivity contribution is 5.76. The minimum Gasteiger partial charge on any atom is -0.352 e. The molecule has 2 atom stereocenters. The van der Waals surface area contributed by atoms with Gasteiger partial charge in [0.25, 0.3) is 0 Å². The van der Waals surface area contributed by atoms with Crippen LogP contribution in [0.3, 0.4) is 0 Å². The molecule has 1 aromatic carbocycles. The van der Waals surface area contributed by atoms with Gasteiger partial charge in [0.05, 0.1) is 5.69 Å². The van der Waals surface area contributed by atoms with E-state index in [9.17, 15) is 4.79 Å². The van der Waals surface area contributed by atoms with Crippen LogP contribution in [0.4, 0.5) is 0 Å². The summed E-state index contributed by atoms with van der Waals surface area (Å²) in [6, 6.07) is 9.28. The molecule has 6 nitrogen and oxygen atoms in total. The Morgan fingerprint density at radius 3 is 2.88 bits per heavy atom. The van der Waals surface area contributed by atoms with Gasteiger partial charge in [0.15, 0.2) is 0 Å². The molecule has 2 fully saturated rings. The van der Waals surface area contributed by atoms with Crippen LogP contribution in [0.2, 0.25) is 0 Å². The van der Waals surface area contributed by atoms with Crippen LogP contribution in [0, 0.1) is 5.92 Å². The van der Waals surface area contributed by atoms with E-state index in [1.54, 1.807) is 11.0 Å². The lowest BCUT2D eigenvalue weighted by Crippen LogP contribution is -2.39. The summed E-state index contributed by atoms with van der Waals surface area (Å²) in [5, 5.41) is 10.8. The SMILES string of the molecule is O=C(CC1CC2CCC(C1)N2)NCc1cccc(-n2cncn2)c1. The second-order valence-electron chi connectivity index (χ2n) is 6.97. The average molecular weight is 325 g/mol. The minimum absolute atomic E-state index is 0.160. The first-order valence-corrected chi connectivity index (χ1v) is 8.73. The molecule has 0 spiro atoms. The summed E-state index contributed by atoms with van der Waals surface area (Å²) in [6.07, 6.45) is 8.67. The first-order chi connectivity index (χ1) is 11.8. The fraction of sp³-hybridized carbons (Fsp3) is 0.500. The molecule has 4 rings (SSSR count). The molecule has 24 heavy (non-hydrogen) atoms. The highest BCUT2D eigenvalue weighted by Crippen LogP contribution is 2.32. The Balaban J connectivity index is 1.30. The molecular weight excluding hydrogens is 302 g/mol. The maximum absolute atomic E-state index is 12.3. The van der Waals surface area contributed by atoms with Gasteiger partial charge in [0, 0.05) is 25.0 Å². The summed E-state index contributed by atoms with van der Waals surface area (Å²) < 4.78 is 1.72. The monoisotopic (exact) mass is 325 g/mol. The zero-order chi connectivity index (χ0) is 16.4. The van der Waals surface area contributed by atoms with E-state index in [0.717, 1.165) is 24.1 Å². The molecule has 0 aliphatic carbocycles. The normalized spacial score (nSPS) is 25.6. The Labute approximate surface area is 141 Å². The van der Waals surface area contributed by atoms with Crippen molar-refractivity contribution in [1.82, 2.24) is 25.4 Å². The molecule has 2 aromatic rings. The number of rotatable bonds is 5. The second kappa shape index (κ2) is 6.73. The van der Waals surface area contributed by atoms with E-state index < -0.39 is 0 Å². The van der Waals surface area contributed by atoms with Gasteiger partial charge >= 0.3 is 0 Å². The van der Waals surface area contributed by atoms with E-state index in [4.69, 9.17) is 0 Å². The number of carbonyl (C=O) groups is 1. The van der Waals surface area contributed by atoms with Gasteiger partial charge in [-0.1, -0.05) is 12.1 Å². The summed E-state index contributed by atoms with van der Waals surface area (Å²) in [5.41, 5.74) is 2.02. The molecule has 6 heteroatoms. The first kappa shape index (κ1) is 15.3. The van der Waals surface area contributed by atoms with Gasteiger partial charge < -0.3 is 10.6 Å². The molecule has 0 radical (unpaired) electrons. The highest BCUT2D eigenvalue weighted by Gasteiger charge is 2.34. The highest BCUT2D eigenvalue weighted by atomic mass is 16.1. The van der Waals surface area contributed by atoms with Crippen LogP contribution in [0.25, 0.3) is 5.69 Å². The Hall–Kier alpha value is -2.21. The number of aromatic nitrogens is 3. The van der Waals surface area contributed by atoms with Crippen LogP contribution in [-0.4, -0.2) is 32.8 Å². The average Bonchev–Trinajstić information content (AvgIpc) is 3.23. The van der Waals surface area contributed by atoms with Crippen molar-refractivity contribution in [2.24, 2.45) is 5.92 Å². The Kier molecular flexibility index (Phi) is 4.30. The molecule has 0 saturated carbocycles. The largest absolute Gasteiger partial charge is 0.352 e. The van der Waals surface area contributed by atoms with Gasteiger partial charge in [-0.25, -0.2) is 9.67 Å². The topological polar surface area (TPSA) is 71.8 Å². The number of hydrogen-bond acceptors (Lipinski definition) is 4. The van der Waals surface area contributed by atoms with Crippen molar-refractivity contribution in [2.45, 2.75) is 50.7 Å². The molecular formula is C18H23N5O. The molecule has 2 saturated heterocycles. The van der Waals surface area contributed by atoms with E-state index in [-0.39, 0.29) is 5.91 Å². The van der Waals surface area contributed by atoms with Gasteiger partial charge in [-0.3, -0.25) is 4.79 Å². The van der Waals surface area contributed by atoms with Crippen molar-refractivity contribution >= 4 is 5.91 Å². The maximum Gasteiger partial charge on any atom is 0.220 e. The predicted molar refractivity (Wildman–Crippen MR) is 90.5 cm³/mol. The molecule has 2 unspecified atom stereocenters. The third-order valence-electron chi connectivity index (χ3n) is 5.13. The predicted octanol–water partition coefficient (Wildman–Crippen LogP) is 1.80. The van der Waals surface area contributed by atoms with Crippen LogP contribution in [0.15, 0.2) is 36.9 Å². The van der Waals surface area contributed by atoms with Crippen molar-refractivity contribution in [2.75, 3.05) is 0 Å². The van der Waals surface area contributed by atoms with E-state index >= 15 is 0 Å². The van der Waals surface area contributed by atoms with Crippen molar-refractivity contribution < 1.29 is 4.79 Å². The number of amides is 1. The van der Waals surface area contributed by atoms with E-state index in [0.29, 0.717) is 31.0 Å².